The molecule has 1 aliphatic carbocycles. The van der Waals surface area contributed by atoms with Gasteiger partial charge in [0, 0.05) is 6.04 Å². The SMILES string of the molecule is Fc1cccc(C2CC(Nc3ccccc3F)C2)c1. The third kappa shape index (κ3) is 2.60. The number of hydrogen-bond acceptors (Lipinski definition) is 1. The summed E-state index contributed by atoms with van der Waals surface area (Å²) in [6, 6.07) is 13.7. The molecule has 1 saturated carbocycles. The highest BCUT2D eigenvalue weighted by Gasteiger charge is 2.30. The zero-order valence-electron chi connectivity index (χ0n) is 10.4. The van der Waals surface area contributed by atoms with Gasteiger partial charge in [0.1, 0.15) is 11.6 Å². The Kier molecular flexibility index (Phi) is 3.20. The summed E-state index contributed by atoms with van der Waals surface area (Å²) in [6.45, 7) is 0. The molecule has 0 heterocycles. The summed E-state index contributed by atoms with van der Waals surface area (Å²) in [5.41, 5.74) is 1.58. The van der Waals surface area contributed by atoms with Crippen LogP contribution in [0, 0.1) is 11.6 Å². The first-order valence-electron chi connectivity index (χ1n) is 6.49. The van der Waals surface area contributed by atoms with Gasteiger partial charge < -0.3 is 5.32 Å². The number of para-hydroxylation sites is 1. The van der Waals surface area contributed by atoms with E-state index in [4.69, 9.17) is 0 Å². The van der Waals surface area contributed by atoms with E-state index in [-0.39, 0.29) is 17.7 Å². The molecular formula is C16H15F2N. The number of nitrogens with one attached hydrogen (secondary N) is 1. The second-order valence-corrected chi connectivity index (χ2v) is 5.04. The first-order valence-corrected chi connectivity index (χ1v) is 6.49. The van der Waals surface area contributed by atoms with E-state index < -0.39 is 0 Å². The van der Waals surface area contributed by atoms with Crippen LogP contribution < -0.4 is 5.32 Å². The Hall–Kier alpha value is -1.90. The first kappa shape index (κ1) is 12.2. The summed E-state index contributed by atoms with van der Waals surface area (Å²) in [5, 5.41) is 3.19. The molecule has 0 amide bonds. The summed E-state index contributed by atoms with van der Waals surface area (Å²) < 4.78 is 26.6. The fraction of sp³-hybridized carbons (Fsp3) is 0.250. The van der Waals surface area contributed by atoms with Crippen LogP contribution in [-0.4, -0.2) is 6.04 Å². The zero-order chi connectivity index (χ0) is 13.2. The molecule has 3 heteroatoms. The number of anilines is 1. The average molecular weight is 259 g/mol. The molecule has 1 nitrogen and oxygen atoms in total. The van der Waals surface area contributed by atoms with Gasteiger partial charge in [0.15, 0.2) is 0 Å². The second kappa shape index (κ2) is 5.00. The molecule has 0 unspecified atom stereocenters. The quantitative estimate of drug-likeness (QED) is 0.865. The molecule has 3 rings (SSSR count). The molecule has 1 aliphatic rings. The molecule has 0 saturated heterocycles. The van der Waals surface area contributed by atoms with E-state index in [1.54, 1.807) is 24.3 Å². The van der Waals surface area contributed by atoms with Gasteiger partial charge in [0.05, 0.1) is 5.69 Å². The molecule has 98 valence electrons. The van der Waals surface area contributed by atoms with Crippen molar-refractivity contribution in [1.29, 1.82) is 0 Å². The largest absolute Gasteiger partial charge is 0.380 e. The molecule has 2 aromatic carbocycles. The Bertz CT molecular complexity index is 576. The van der Waals surface area contributed by atoms with Crippen molar-refractivity contribution in [2.75, 3.05) is 5.32 Å². The summed E-state index contributed by atoms with van der Waals surface area (Å²) in [6.07, 6.45) is 1.83. The zero-order valence-corrected chi connectivity index (χ0v) is 10.4. The van der Waals surface area contributed by atoms with Crippen LogP contribution in [-0.2, 0) is 0 Å². The van der Waals surface area contributed by atoms with Crippen LogP contribution in [0.4, 0.5) is 14.5 Å². The molecule has 1 N–H and O–H groups in total. The molecule has 0 aliphatic heterocycles. The lowest BCUT2D eigenvalue weighted by atomic mass is 9.76. The number of rotatable bonds is 3. The van der Waals surface area contributed by atoms with Crippen molar-refractivity contribution in [3.8, 4) is 0 Å². The maximum Gasteiger partial charge on any atom is 0.146 e. The van der Waals surface area contributed by atoms with E-state index in [1.165, 1.54) is 12.1 Å². The van der Waals surface area contributed by atoms with Crippen molar-refractivity contribution in [2.24, 2.45) is 0 Å². The Balaban J connectivity index is 1.60. The Morgan fingerprint density at radius 1 is 0.947 bits per heavy atom. The molecule has 0 bridgehead atoms. The summed E-state index contributed by atoms with van der Waals surface area (Å²) in [5.74, 6) is -0.0420. The highest BCUT2D eigenvalue weighted by Crippen LogP contribution is 2.38. The van der Waals surface area contributed by atoms with Gasteiger partial charge in [0.2, 0.25) is 0 Å². The normalized spacial score (nSPS) is 21.8. The van der Waals surface area contributed by atoms with Crippen LogP contribution in [0.2, 0.25) is 0 Å². The predicted molar refractivity (Wildman–Crippen MR) is 72.2 cm³/mol. The lowest BCUT2D eigenvalue weighted by molar-refractivity contribution is 0.371. The van der Waals surface area contributed by atoms with Gasteiger partial charge in [-0.25, -0.2) is 8.78 Å². The second-order valence-electron chi connectivity index (χ2n) is 5.04. The van der Waals surface area contributed by atoms with Gasteiger partial charge in [-0.15, -0.1) is 0 Å². The van der Waals surface area contributed by atoms with Crippen LogP contribution in [0.15, 0.2) is 48.5 Å². The number of benzene rings is 2. The van der Waals surface area contributed by atoms with E-state index in [2.05, 4.69) is 5.32 Å². The van der Waals surface area contributed by atoms with E-state index >= 15 is 0 Å². The molecule has 0 aromatic heterocycles. The van der Waals surface area contributed by atoms with Gasteiger partial charge in [-0.05, 0) is 48.6 Å². The lowest BCUT2D eigenvalue weighted by Gasteiger charge is -2.37. The molecule has 0 spiro atoms. The van der Waals surface area contributed by atoms with E-state index in [0.29, 0.717) is 11.6 Å². The number of halogens is 2. The fourth-order valence-corrected chi connectivity index (χ4v) is 2.57. The van der Waals surface area contributed by atoms with Gasteiger partial charge in [-0.3, -0.25) is 0 Å². The standard InChI is InChI=1S/C16H15F2N/c17-13-5-3-4-11(8-13)12-9-14(10-12)19-16-7-2-1-6-15(16)18/h1-8,12,14,19H,9-10H2. The smallest absolute Gasteiger partial charge is 0.146 e. The lowest BCUT2D eigenvalue weighted by Crippen LogP contribution is -2.34. The van der Waals surface area contributed by atoms with Crippen LogP contribution in [0.1, 0.15) is 24.3 Å². The molecule has 0 atom stereocenters. The Morgan fingerprint density at radius 2 is 1.74 bits per heavy atom. The number of hydrogen-bond donors (Lipinski definition) is 1. The third-order valence-electron chi connectivity index (χ3n) is 3.69. The Morgan fingerprint density at radius 3 is 2.47 bits per heavy atom. The minimum Gasteiger partial charge on any atom is -0.380 e. The van der Waals surface area contributed by atoms with Crippen molar-refractivity contribution in [3.63, 3.8) is 0 Å². The maximum atomic E-state index is 13.5. The van der Waals surface area contributed by atoms with Crippen LogP contribution >= 0.6 is 0 Å². The van der Waals surface area contributed by atoms with Crippen molar-refractivity contribution < 1.29 is 8.78 Å². The fourth-order valence-electron chi connectivity index (χ4n) is 2.57. The molecular weight excluding hydrogens is 244 g/mol. The molecule has 19 heavy (non-hydrogen) atoms. The highest BCUT2D eigenvalue weighted by atomic mass is 19.1. The molecule has 2 aromatic rings. The van der Waals surface area contributed by atoms with E-state index in [1.807, 2.05) is 12.1 Å². The van der Waals surface area contributed by atoms with Crippen molar-refractivity contribution in [3.05, 3.63) is 65.7 Å². The summed E-state index contributed by atoms with van der Waals surface area (Å²) >= 11 is 0. The predicted octanol–water partition coefficient (Wildman–Crippen LogP) is 4.32. The topological polar surface area (TPSA) is 12.0 Å². The molecule has 0 radical (unpaired) electrons. The summed E-state index contributed by atoms with van der Waals surface area (Å²) in [7, 11) is 0. The van der Waals surface area contributed by atoms with Crippen LogP contribution in [0.25, 0.3) is 0 Å². The van der Waals surface area contributed by atoms with Gasteiger partial charge >= 0.3 is 0 Å². The summed E-state index contributed by atoms with van der Waals surface area (Å²) in [4.78, 5) is 0. The third-order valence-corrected chi connectivity index (χ3v) is 3.69. The average Bonchev–Trinajstić information content (AvgIpc) is 2.35. The monoisotopic (exact) mass is 259 g/mol. The van der Waals surface area contributed by atoms with Crippen LogP contribution in [0.3, 0.4) is 0 Å². The first-order chi connectivity index (χ1) is 9.22. The minimum atomic E-state index is -0.225. The molecule has 1 fully saturated rings. The van der Waals surface area contributed by atoms with Gasteiger partial charge in [-0.1, -0.05) is 24.3 Å². The van der Waals surface area contributed by atoms with Crippen LogP contribution in [0.5, 0.6) is 0 Å². The van der Waals surface area contributed by atoms with E-state index in [0.717, 1.165) is 18.4 Å². The van der Waals surface area contributed by atoms with Crippen molar-refractivity contribution in [2.45, 2.75) is 24.8 Å². The van der Waals surface area contributed by atoms with Crippen molar-refractivity contribution in [1.82, 2.24) is 0 Å². The maximum absolute atomic E-state index is 13.5. The highest BCUT2D eigenvalue weighted by molar-refractivity contribution is 5.46. The van der Waals surface area contributed by atoms with Gasteiger partial charge in [0.25, 0.3) is 0 Å². The van der Waals surface area contributed by atoms with E-state index in [9.17, 15) is 8.78 Å². The van der Waals surface area contributed by atoms with Gasteiger partial charge in [-0.2, -0.15) is 0 Å². The Labute approximate surface area is 111 Å². The van der Waals surface area contributed by atoms with Crippen molar-refractivity contribution >= 4 is 5.69 Å². The minimum absolute atomic E-state index is 0.192.